The summed E-state index contributed by atoms with van der Waals surface area (Å²) in [6, 6.07) is 0. The Labute approximate surface area is 216 Å². The van der Waals surface area contributed by atoms with E-state index in [4.69, 9.17) is 19.7 Å². The molecule has 0 saturated carbocycles. The fourth-order valence-corrected chi connectivity index (χ4v) is 6.01. The highest BCUT2D eigenvalue weighted by Crippen LogP contribution is 2.45. The molecule has 0 aromatic carbocycles. The fraction of sp³-hybridized carbons (Fsp3) is 0.682. The first-order chi connectivity index (χ1) is 16.9. The van der Waals surface area contributed by atoms with Crippen LogP contribution in [0.15, 0.2) is 12.7 Å². The number of hydrogen-bond acceptors (Lipinski definition) is 11. The molecule has 2 rings (SSSR count). The molecule has 2 heterocycles. The van der Waals surface area contributed by atoms with Gasteiger partial charge in [-0.15, -0.1) is 0 Å². The maximum absolute atomic E-state index is 13.7. The molecule has 0 aliphatic carbocycles. The summed E-state index contributed by atoms with van der Waals surface area (Å²) in [4.78, 5) is 37.0. The largest absolute Gasteiger partial charge is 0.463 e. The van der Waals surface area contributed by atoms with Gasteiger partial charge in [0.1, 0.15) is 18.2 Å². The number of nitrogen functional groups attached to an aromatic ring is 1. The van der Waals surface area contributed by atoms with Crippen LogP contribution in [0.3, 0.4) is 0 Å². The third-order valence-corrected chi connectivity index (χ3v) is 8.16. The first-order valence-electron chi connectivity index (χ1n) is 11.8. The van der Waals surface area contributed by atoms with Gasteiger partial charge in [-0.2, -0.15) is 0 Å². The van der Waals surface area contributed by atoms with Gasteiger partial charge >= 0.3 is 5.97 Å². The van der Waals surface area contributed by atoms with Crippen LogP contribution in [0.2, 0.25) is 0 Å². The van der Waals surface area contributed by atoms with E-state index in [1.807, 2.05) is 6.92 Å². The van der Waals surface area contributed by atoms with Crippen molar-refractivity contribution >= 4 is 47.3 Å². The molecule has 3 N–H and O–H groups in total. The number of thioether (sulfide) groups is 1. The lowest BCUT2D eigenvalue weighted by Crippen LogP contribution is -2.44. The Morgan fingerprint density at radius 3 is 2.64 bits per heavy atom. The molecular formula is C22H37N6O6PS. The average Bonchev–Trinajstić information content (AvgIpc) is 3.19. The van der Waals surface area contributed by atoms with E-state index in [1.165, 1.54) is 6.33 Å². The summed E-state index contributed by atoms with van der Waals surface area (Å²) in [6.45, 7) is 10.7. The van der Waals surface area contributed by atoms with E-state index in [9.17, 15) is 14.2 Å². The summed E-state index contributed by atoms with van der Waals surface area (Å²) in [7, 11) is -3.70. The average molecular weight is 545 g/mol. The van der Waals surface area contributed by atoms with E-state index < -0.39 is 25.1 Å². The van der Waals surface area contributed by atoms with E-state index in [0.29, 0.717) is 23.5 Å². The number of esters is 1. The molecule has 0 spiro atoms. The topological polar surface area (TPSA) is 161 Å². The molecule has 2 aromatic rings. The van der Waals surface area contributed by atoms with Crippen LogP contribution in [-0.2, 0) is 34.7 Å². The number of nitrogens with zero attached hydrogens (tertiary/aromatic N) is 4. The number of aromatic nitrogens is 4. The predicted molar refractivity (Wildman–Crippen MR) is 140 cm³/mol. The molecule has 2 atom stereocenters. The minimum absolute atomic E-state index is 0.0828. The number of hydrogen-bond donors (Lipinski definition) is 2. The number of anilines is 1. The maximum atomic E-state index is 13.7. The van der Waals surface area contributed by atoms with Crippen LogP contribution in [0.4, 0.5) is 5.82 Å². The highest BCUT2D eigenvalue weighted by Gasteiger charge is 2.37. The minimum Gasteiger partial charge on any atom is -0.463 e. The van der Waals surface area contributed by atoms with Gasteiger partial charge in [-0.25, -0.2) is 20.0 Å². The van der Waals surface area contributed by atoms with Gasteiger partial charge in [0.05, 0.1) is 43.6 Å². The van der Waals surface area contributed by atoms with Crippen molar-refractivity contribution < 1.29 is 28.2 Å². The molecule has 12 nitrogen and oxygen atoms in total. The fourth-order valence-electron chi connectivity index (χ4n) is 3.13. The number of carbonyl (C=O) groups excluding carboxylic acids is 2. The molecule has 0 bridgehead atoms. The van der Waals surface area contributed by atoms with Crippen molar-refractivity contribution in [2.45, 2.75) is 78.7 Å². The van der Waals surface area contributed by atoms with Gasteiger partial charge in [-0.1, -0.05) is 18.7 Å². The van der Waals surface area contributed by atoms with Crippen molar-refractivity contribution in [3.63, 3.8) is 0 Å². The molecule has 14 heteroatoms. The van der Waals surface area contributed by atoms with Crippen LogP contribution >= 0.6 is 19.3 Å². The highest BCUT2D eigenvalue weighted by atomic mass is 32.2. The third kappa shape index (κ3) is 9.11. The van der Waals surface area contributed by atoms with Crippen molar-refractivity contribution in [3.05, 3.63) is 12.7 Å². The van der Waals surface area contributed by atoms with Gasteiger partial charge < -0.3 is 24.3 Å². The zero-order valence-electron chi connectivity index (χ0n) is 21.7. The molecule has 202 valence electrons. The highest BCUT2D eigenvalue weighted by molar-refractivity contribution is 8.13. The third-order valence-electron chi connectivity index (χ3n) is 4.78. The standard InChI is InChI=1S/C22H37N6O6PS/c1-7-10-36-21(30)22(5,6)27-35(31,33-9-8-17(29)34-15(2)3)14-32-16(4)11-28-13-26-18-19(23)24-12-25-20(18)28/h12-13,15-16H,7-11,14H2,1-6H3,(H,27,31)(H2,23,24,25)/t16-,35?/m0/s1. The maximum Gasteiger partial charge on any atom is 0.308 e. The normalized spacial score (nSPS) is 14.6. The molecule has 0 aliphatic rings. The van der Waals surface area contributed by atoms with E-state index >= 15 is 0 Å². The minimum atomic E-state index is -3.70. The molecule has 0 fully saturated rings. The zero-order chi connectivity index (χ0) is 26.9. The van der Waals surface area contributed by atoms with Crippen LogP contribution in [0.25, 0.3) is 11.2 Å². The Balaban J connectivity index is 2.08. The van der Waals surface area contributed by atoms with Crippen LogP contribution in [0.1, 0.15) is 54.4 Å². The zero-order valence-corrected chi connectivity index (χ0v) is 23.4. The van der Waals surface area contributed by atoms with Crippen LogP contribution in [0.5, 0.6) is 0 Å². The second-order valence-electron chi connectivity index (χ2n) is 9.10. The Bertz CT molecular complexity index is 1080. The second kappa shape index (κ2) is 13.5. The smallest absolute Gasteiger partial charge is 0.308 e. The quantitative estimate of drug-likeness (QED) is 0.249. The first-order valence-corrected chi connectivity index (χ1v) is 14.6. The van der Waals surface area contributed by atoms with Crippen LogP contribution in [-0.4, -0.2) is 67.1 Å². The Kier molecular flexibility index (Phi) is 11.3. The molecule has 36 heavy (non-hydrogen) atoms. The van der Waals surface area contributed by atoms with Gasteiger partial charge in [0, 0.05) is 5.75 Å². The van der Waals surface area contributed by atoms with E-state index in [1.54, 1.807) is 45.5 Å². The molecular weight excluding hydrogens is 507 g/mol. The summed E-state index contributed by atoms with van der Waals surface area (Å²) in [5.74, 6) is 0.461. The van der Waals surface area contributed by atoms with E-state index in [-0.39, 0.29) is 36.4 Å². The lowest BCUT2D eigenvalue weighted by Gasteiger charge is -2.30. The van der Waals surface area contributed by atoms with Crippen molar-refractivity contribution in [2.75, 3.05) is 24.4 Å². The van der Waals surface area contributed by atoms with Crippen LogP contribution < -0.4 is 10.8 Å². The number of carbonyl (C=O) groups is 2. The van der Waals surface area contributed by atoms with Gasteiger partial charge in [-0.3, -0.25) is 14.2 Å². The predicted octanol–water partition coefficient (Wildman–Crippen LogP) is 3.36. The summed E-state index contributed by atoms with van der Waals surface area (Å²) in [5, 5.41) is 2.71. The second-order valence-corrected chi connectivity index (χ2v) is 12.3. The Morgan fingerprint density at radius 1 is 1.25 bits per heavy atom. The van der Waals surface area contributed by atoms with Crippen molar-refractivity contribution in [1.82, 2.24) is 24.6 Å². The molecule has 2 aromatic heterocycles. The van der Waals surface area contributed by atoms with Gasteiger partial charge in [0.15, 0.2) is 11.5 Å². The summed E-state index contributed by atoms with van der Waals surface area (Å²) in [6.07, 6.45) is 2.69. The monoisotopic (exact) mass is 544 g/mol. The summed E-state index contributed by atoms with van der Waals surface area (Å²) < 4.78 is 32.1. The van der Waals surface area contributed by atoms with Gasteiger partial charge in [0.25, 0.3) is 7.52 Å². The SMILES string of the molecule is CCCSC(=O)C(C)(C)NP(=O)(CO[C@@H](C)Cn1cnc2c(N)ncnc21)OCCC(=O)OC(C)C. The number of rotatable bonds is 15. The van der Waals surface area contributed by atoms with Crippen LogP contribution in [0, 0.1) is 0 Å². The number of nitrogens with two attached hydrogens (primary N) is 1. The Morgan fingerprint density at radius 2 is 1.97 bits per heavy atom. The number of imidazole rings is 1. The van der Waals surface area contributed by atoms with E-state index in [2.05, 4.69) is 20.0 Å². The van der Waals surface area contributed by atoms with Gasteiger partial charge in [0.2, 0.25) is 5.12 Å². The number of nitrogens with one attached hydrogen (secondary N) is 1. The van der Waals surface area contributed by atoms with Crippen molar-refractivity contribution in [1.29, 1.82) is 0 Å². The van der Waals surface area contributed by atoms with E-state index in [0.717, 1.165) is 18.2 Å². The first kappa shape index (κ1) is 30.2. The molecule has 1 unspecified atom stereocenters. The van der Waals surface area contributed by atoms with Crippen molar-refractivity contribution in [2.24, 2.45) is 0 Å². The summed E-state index contributed by atoms with van der Waals surface area (Å²) >= 11 is 1.16. The lowest BCUT2D eigenvalue weighted by atomic mass is 10.1. The molecule has 0 radical (unpaired) electrons. The number of ether oxygens (including phenoxy) is 2. The Hall–Kier alpha value is -2.05. The number of fused-ring (bicyclic) bond motifs is 1. The molecule has 0 aliphatic heterocycles. The molecule has 0 amide bonds. The summed E-state index contributed by atoms with van der Waals surface area (Å²) in [5.41, 5.74) is 5.74. The lowest BCUT2D eigenvalue weighted by molar-refractivity contribution is -0.147. The van der Waals surface area contributed by atoms with Crippen molar-refractivity contribution in [3.8, 4) is 0 Å². The van der Waals surface area contributed by atoms with Gasteiger partial charge in [-0.05, 0) is 41.0 Å². The molecule has 0 saturated heterocycles.